The number of hydrogen-bond donors (Lipinski definition) is 1. The fourth-order valence-electron chi connectivity index (χ4n) is 3.69. The number of carbonyl (C=O) groups is 3. The highest BCUT2D eigenvalue weighted by Crippen LogP contribution is 2.52. The van der Waals surface area contributed by atoms with E-state index in [1.807, 2.05) is 13.8 Å². The maximum absolute atomic E-state index is 12.4. The predicted octanol–water partition coefficient (Wildman–Crippen LogP) is 0.708. The van der Waals surface area contributed by atoms with E-state index in [2.05, 4.69) is 17.5 Å². The van der Waals surface area contributed by atoms with Gasteiger partial charge >= 0.3 is 0 Å². The second kappa shape index (κ2) is 4.72. The standard InChI is InChI=1S/C15H20N2O3/c1-3-8(2)16-11(18)7-17-14(19)12-9-4-5-10(6-9)13(12)15(17)20/h4-5,8-10,12-13H,3,6-7H2,1-2H3,(H,16,18)/t8-,9-,10+,12-,13-/m0/s1. The first kappa shape index (κ1) is 13.3. The molecule has 5 nitrogen and oxygen atoms in total. The van der Waals surface area contributed by atoms with Gasteiger partial charge in [-0.3, -0.25) is 19.3 Å². The van der Waals surface area contributed by atoms with E-state index in [1.54, 1.807) is 0 Å². The summed E-state index contributed by atoms with van der Waals surface area (Å²) < 4.78 is 0. The van der Waals surface area contributed by atoms with Crippen LogP contribution >= 0.6 is 0 Å². The van der Waals surface area contributed by atoms with E-state index < -0.39 is 0 Å². The van der Waals surface area contributed by atoms with Crippen LogP contribution in [0.5, 0.6) is 0 Å². The van der Waals surface area contributed by atoms with Crippen LogP contribution in [0.2, 0.25) is 0 Å². The summed E-state index contributed by atoms with van der Waals surface area (Å²) in [5.74, 6) is -0.593. The van der Waals surface area contributed by atoms with Crippen LogP contribution in [0.3, 0.4) is 0 Å². The molecule has 0 radical (unpaired) electrons. The van der Waals surface area contributed by atoms with Crippen LogP contribution in [0, 0.1) is 23.7 Å². The summed E-state index contributed by atoms with van der Waals surface area (Å²) in [6.45, 7) is 3.75. The number of carbonyl (C=O) groups excluding carboxylic acids is 3. The average molecular weight is 276 g/mol. The van der Waals surface area contributed by atoms with Crippen LogP contribution in [0.15, 0.2) is 12.2 Å². The van der Waals surface area contributed by atoms with Crippen molar-refractivity contribution >= 4 is 17.7 Å². The van der Waals surface area contributed by atoms with E-state index in [0.717, 1.165) is 12.8 Å². The van der Waals surface area contributed by atoms with E-state index in [4.69, 9.17) is 0 Å². The molecule has 2 fully saturated rings. The Labute approximate surface area is 118 Å². The molecule has 1 N–H and O–H groups in total. The molecule has 0 aromatic carbocycles. The molecule has 2 aliphatic carbocycles. The van der Waals surface area contributed by atoms with E-state index in [1.165, 1.54) is 4.90 Å². The highest BCUT2D eigenvalue weighted by atomic mass is 16.2. The third-order valence-electron chi connectivity index (χ3n) is 4.88. The molecule has 5 heteroatoms. The lowest BCUT2D eigenvalue weighted by atomic mass is 9.85. The molecule has 2 bridgehead atoms. The topological polar surface area (TPSA) is 66.5 Å². The molecule has 0 unspecified atom stereocenters. The van der Waals surface area contributed by atoms with Gasteiger partial charge in [0.1, 0.15) is 6.54 Å². The van der Waals surface area contributed by atoms with E-state index in [0.29, 0.717) is 0 Å². The van der Waals surface area contributed by atoms with Crippen LogP contribution in [-0.2, 0) is 14.4 Å². The van der Waals surface area contributed by atoms with Gasteiger partial charge in [-0.15, -0.1) is 0 Å². The summed E-state index contributed by atoms with van der Waals surface area (Å²) in [4.78, 5) is 37.8. The third-order valence-corrected chi connectivity index (χ3v) is 4.88. The molecule has 1 aliphatic heterocycles. The van der Waals surface area contributed by atoms with Crippen molar-refractivity contribution in [3.63, 3.8) is 0 Å². The number of hydrogen-bond acceptors (Lipinski definition) is 3. The Hall–Kier alpha value is -1.65. The summed E-state index contributed by atoms with van der Waals surface area (Å²) in [6, 6.07) is 0.0626. The van der Waals surface area contributed by atoms with Crippen LogP contribution in [-0.4, -0.2) is 35.2 Å². The molecule has 0 spiro atoms. The Morgan fingerprint density at radius 3 is 2.35 bits per heavy atom. The lowest BCUT2D eigenvalue weighted by Gasteiger charge is -2.18. The number of amides is 3. The predicted molar refractivity (Wildman–Crippen MR) is 72.3 cm³/mol. The van der Waals surface area contributed by atoms with Crippen molar-refractivity contribution in [2.45, 2.75) is 32.7 Å². The Bertz CT molecular complexity index is 469. The molecule has 1 heterocycles. The molecule has 20 heavy (non-hydrogen) atoms. The SMILES string of the molecule is CC[C@H](C)NC(=O)CN1C(=O)[C@@H]2[C@@H](C1=O)[C@H]1C=C[C@@H]2C1. The maximum Gasteiger partial charge on any atom is 0.240 e. The Balaban J connectivity index is 1.69. The largest absolute Gasteiger partial charge is 0.352 e. The fourth-order valence-corrected chi connectivity index (χ4v) is 3.69. The number of rotatable bonds is 4. The van der Waals surface area contributed by atoms with E-state index in [-0.39, 0.29) is 54.0 Å². The molecule has 3 amide bonds. The van der Waals surface area contributed by atoms with Gasteiger partial charge in [0.25, 0.3) is 0 Å². The minimum absolute atomic E-state index is 0.0626. The van der Waals surface area contributed by atoms with Gasteiger partial charge in [-0.05, 0) is 31.6 Å². The highest BCUT2D eigenvalue weighted by molar-refractivity contribution is 6.08. The van der Waals surface area contributed by atoms with Crippen molar-refractivity contribution in [3.8, 4) is 0 Å². The molecular formula is C15H20N2O3. The quantitative estimate of drug-likeness (QED) is 0.607. The molecule has 1 saturated carbocycles. The zero-order valence-corrected chi connectivity index (χ0v) is 11.8. The second-order valence-electron chi connectivity index (χ2n) is 6.14. The van der Waals surface area contributed by atoms with Gasteiger partial charge in [-0.2, -0.15) is 0 Å². The number of likely N-dealkylation sites (tertiary alicyclic amines) is 1. The average Bonchev–Trinajstić information content (AvgIpc) is 3.08. The lowest BCUT2D eigenvalue weighted by molar-refractivity contribution is -0.144. The maximum atomic E-state index is 12.4. The van der Waals surface area contributed by atoms with Crippen molar-refractivity contribution in [2.75, 3.05) is 6.54 Å². The monoisotopic (exact) mass is 276 g/mol. The summed E-state index contributed by atoms with van der Waals surface area (Å²) in [5, 5.41) is 2.80. The van der Waals surface area contributed by atoms with Crippen molar-refractivity contribution < 1.29 is 14.4 Å². The number of allylic oxidation sites excluding steroid dienone is 2. The van der Waals surface area contributed by atoms with Crippen LogP contribution < -0.4 is 5.32 Å². The smallest absolute Gasteiger partial charge is 0.240 e. The summed E-state index contributed by atoms with van der Waals surface area (Å²) >= 11 is 0. The minimum atomic E-state index is -0.249. The van der Waals surface area contributed by atoms with Gasteiger partial charge in [-0.1, -0.05) is 19.1 Å². The van der Waals surface area contributed by atoms with Gasteiger partial charge in [0.15, 0.2) is 0 Å². The minimum Gasteiger partial charge on any atom is -0.352 e. The van der Waals surface area contributed by atoms with Crippen molar-refractivity contribution in [3.05, 3.63) is 12.2 Å². The van der Waals surface area contributed by atoms with Gasteiger partial charge in [0.2, 0.25) is 17.7 Å². The fraction of sp³-hybridized carbons (Fsp3) is 0.667. The normalized spacial score (nSPS) is 35.6. The summed E-state index contributed by atoms with van der Waals surface area (Å²) in [6.07, 6.45) is 5.85. The van der Waals surface area contributed by atoms with Crippen LogP contribution in [0.1, 0.15) is 26.7 Å². The zero-order chi connectivity index (χ0) is 14.4. The van der Waals surface area contributed by atoms with E-state index in [9.17, 15) is 14.4 Å². The highest BCUT2D eigenvalue weighted by Gasteiger charge is 2.59. The van der Waals surface area contributed by atoms with Crippen LogP contribution in [0.4, 0.5) is 0 Å². The molecule has 3 rings (SSSR count). The number of imide groups is 1. The molecule has 0 aromatic rings. The van der Waals surface area contributed by atoms with Crippen LogP contribution in [0.25, 0.3) is 0 Å². The molecule has 108 valence electrons. The molecule has 3 aliphatic rings. The number of nitrogens with zero attached hydrogens (tertiary/aromatic N) is 1. The molecular weight excluding hydrogens is 256 g/mol. The first-order valence-corrected chi connectivity index (χ1v) is 7.35. The molecule has 0 aromatic heterocycles. The number of nitrogens with one attached hydrogen (secondary N) is 1. The Morgan fingerprint density at radius 2 is 1.85 bits per heavy atom. The van der Waals surface area contributed by atoms with Gasteiger partial charge in [0.05, 0.1) is 11.8 Å². The first-order chi connectivity index (χ1) is 9.52. The first-order valence-electron chi connectivity index (χ1n) is 7.35. The Kier molecular flexibility index (Phi) is 3.15. The van der Waals surface area contributed by atoms with Crippen molar-refractivity contribution in [2.24, 2.45) is 23.7 Å². The van der Waals surface area contributed by atoms with Crippen molar-refractivity contribution in [1.82, 2.24) is 10.2 Å². The lowest BCUT2D eigenvalue weighted by Crippen LogP contribution is -2.44. The van der Waals surface area contributed by atoms with Gasteiger partial charge in [0, 0.05) is 6.04 Å². The van der Waals surface area contributed by atoms with Gasteiger partial charge < -0.3 is 5.32 Å². The summed E-state index contributed by atoms with van der Waals surface area (Å²) in [7, 11) is 0. The molecule has 1 saturated heterocycles. The van der Waals surface area contributed by atoms with Crippen molar-refractivity contribution in [1.29, 1.82) is 0 Å². The molecule has 5 atom stereocenters. The summed E-state index contributed by atoms with van der Waals surface area (Å²) in [5.41, 5.74) is 0. The zero-order valence-electron chi connectivity index (χ0n) is 11.8. The second-order valence-corrected chi connectivity index (χ2v) is 6.14. The van der Waals surface area contributed by atoms with Gasteiger partial charge in [-0.25, -0.2) is 0 Å². The Morgan fingerprint density at radius 1 is 1.30 bits per heavy atom. The number of fused-ring (bicyclic) bond motifs is 5. The van der Waals surface area contributed by atoms with E-state index >= 15 is 0 Å². The third kappa shape index (κ3) is 1.87.